The van der Waals surface area contributed by atoms with Crippen LogP contribution in [-0.4, -0.2) is 45.1 Å². The van der Waals surface area contributed by atoms with Crippen molar-refractivity contribution < 1.29 is 9.13 Å². The molecule has 5 nitrogen and oxygen atoms in total. The lowest BCUT2D eigenvalue weighted by molar-refractivity contribution is 0.242. The Morgan fingerprint density at radius 1 is 1.19 bits per heavy atom. The number of nitrogens with zero attached hydrogens (tertiary/aromatic N) is 4. The smallest absolute Gasteiger partial charge is 0.191 e. The fraction of sp³-hybridized carbons (Fsp3) is 0.474. The number of ether oxygens (including phenoxy) is 1. The van der Waals surface area contributed by atoms with Gasteiger partial charge in [-0.05, 0) is 38.1 Å². The molecule has 2 aromatic rings. The average molecular weight is 377 g/mol. The van der Waals surface area contributed by atoms with Crippen LogP contribution in [0, 0.1) is 5.82 Å². The van der Waals surface area contributed by atoms with E-state index < -0.39 is 0 Å². The number of benzene rings is 1. The molecule has 0 unspecified atom stereocenters. The van der Waals surface area contributed by atoms with Crippen LogP contribution in [0.25, 0.3) is 0 Å². The van der Waals surface area contributed by atoms with E-state index >= 15 is 0 Å². The van der Waals surface area contributed by atoms with Gasteiger partial charge in [-0.3, -0.25) is 4.57 Å². The van der Waals surface area contributed by atoms with Crippen LogP contribution in [0.4, 0.5) is 4.39 Å². The van der Waals surface area contributed by atoms with Gasteiger partial charge in [0.2, 0.25) is 0 Å². The highest BCUT2D eigenvalue weighted by Gasteiger charge is 2.15. The minimum Gasteiger partial charge on any atom is -0.483 e. The van der Waals surface area contributed by atoms with Crippen LogP contribution in [0.5, 0.6) is 5.75 Å². The van der Waals surface area contributed by atoms with E-state index in [9.17, 15) is 4.39 Å². The molecule has 0 amide bonds. The third kappa shape index (κ3) is 5.08. The second-order valence-electron chi connectivity index (χ2n) is 6.27. The second-order valence-corrected chi connectivity index (χ2v) is 7.33. The molecule has 0 N–H and O–H groups in total. The molecule has 0 aliphatic carbocycles. The van der Waals surface area contributed by atoms with E-state index in [0.717, 1.165) is 17.5 Å². The van der Waals surface area contributed by atoms with Gasteiger partial charge < -0.3 is 9.64 Å². The van der Waals surface area contributed by atoms with Crippen molar-refractivity contribution in [2.75, 3.05) is 25.4 Å². The Balaban J connectivity index is 1.58. The lowest BCUT2D eigenvalue weighted by Gasteiger charge is -2.25. The standard InChI is InChI=1S/C19H25FN4OS/c1-2-10-24-18(15-25-17-9-5-4-8-16(17)20)21-22-19(24)26-14-13-23-11-6-3-7-12-23/h2,4-5,8-9H,1,3,6-7,10-15H2. The molecule has 1 aromatic carbocycles. The highest BCUT2D eigenvalue weighted by Crippen LogP contribution is 2.21. The molecule has 1 aliphatic heterocycles. The zero-order chi connectivity index (χ0) is 18.2. The lowest BCUT2D eigenvalue weighted by atomic mass is 10.1. The van der Waals surface area contributed by atoms with Crippen LogP contribution in [-0.2, 0) is 13.2 Å². The summed E-state index contributed by atoms with van der Waals surface area (Å²) in [6.45, 7) is 8.04. The van der Waals surface area contributed by atoms with Crippen LogP contribution < -0.4 is 4.74 Å². The van der Waals surface area contributed by atoms with Gasteiger partial charge in [-0.15, -0.1) is 16.8 Å². The summed E-state index contributed by atoms with van der Waals surface area (Å²) in [7, 11) is 0. The van der Waals surface area contributed by atoms with Crippen molar-refractivity contribution in [1.82, 2.24) is 19.7 Å². The Labute approximate surface area is 158 Å². The van der Waals surface area contributed by atoms with Gasteiger partial charge >= 0.3 is 0 Å². The molecule has 1 saturated heterocycles. The summed E-state index contributed by atoms with van der Waals surface area (Å²) in [4.78, 5) is 2.51. The maximum absolute atomic E-state index is 13.7. The first-order valence-electron chi connectivity index (χ1n) is 9.03. The van der Waals surface area contributed by atoms with Crippen molar-refractivity contribution in [2.24, 2.45) is 0 Å². The van der Waals surface area contributed by atoms with Crippen molar-refractivity contribution in [3.8, 4) is 5.75 Å². The Bertz CT molecular complexity index is 715. The normalized spacial score (nSPS) is 15.1. The van der Waals surface area contributed by atoms with Gasteiger partial charge in [0.15, 0.2) is 22.5 Å². The quantitative estimate of drug-likeness (QED) is 0.492. The molecule has 7 heteroatoms. The summed E-state index contributed by atoms with van der Waals surface area (Å²) < 4.78 is 21.3. The Morgan fingerprint density at radius 3 is 2.77 bits per heavy atom. The van der Waals surface area contributed by atoms with Crippen LogP contribution in [0.3, 0.4) is 0 Å². The Kier molecular flexibility index (Phi) is 7.08. The molecule has 1 aromatic heterocycles. The van der Waals surface area contributed by atoms with Crippen LogP contribution >= 0.6 is 11.8 Å². The topological polar surface area (TPSA) is 43.2 Å². The number of likely N-dealkylation sites (tertiary alicyclic amines) is 1. The maximum Gasteiger partial charge on any atom is 0.191 e. The number of para-hydroxylation sites is 1. The highest BCUT2D eigenvalue weighted by molar-refractivity contribution is 7.99. The molecule has 3 rings (SSSR count). The van der Waals surface area contributed by atoms with Crippen molar-refractivity contribution in [3.05, 3.63) is 48.6 Å². The number of rotatable bonds is 9. The number of aromatic nitrogens is 3. The number of hydrogen-bond donors (Lipinski definition) is 0. The van der Waals surface area contributed by atoms with E-state index in [-0.39, 0.29) is 18.2 Å². The molecular formula is C19H25FN4OS. The maximum atomic E-state index is 13.7. The monoisotopic (exact) mass is 376 g/mol. The fourth-order valence-corrected chi connectivity index (χ4v) is 3.96. The summed E-state index contributed by atoms with van der Waals surface area (Å²) in [5.74, 6) is 1.50. The molecule has 1 aliphatic rings. The molecule has 0 atom stereocenters. The van der Waals surface area contributed by atoms with Crippen molar-refractivity contribution >= 4 is 11.8 Å². The molecule has 0 spiro atoms. The van der Waals surface area contributed by atoms with Crippen molar-refractivity contribution in [3.63, 3.8) is 0 Å². The third-order valence-corrected chi connectivity index (χ3v) is 5.33. The number of allylic oxidation sites excluding steroid dienone is 1. The molecular weight excluding hydrogens is 351 g/mol. The van der Waals surface area contributed by atoms with Crippen LogP contribution in [0.1, 0.15) is 25.1 Å². The summed E-state index contributed by atoms with van der Waals surface area (Å²) in [5.41, 5.74) is 0. The molecule has 26 heavy (non-hydrogen) atoms. The fourth-order valence-electron chi connectivity index (χ4n) is 3.00. The van der Waals surface area contributed by atoms with Gasteiger partial charge in [-0.1, -0.05) is 36.4 Å². The number of piperidine rings is 1. The number of thioether (sulfide) groups is 1. The first-order valence-corrected chi connectivity index (χ1v) is 10.0. The van der Waals surface area contributed by atoms with E-state index in [2.05, 4.69) is 21.7 Å². The predicted molar refractivity (Wildman–Crippen MR) is 102 cm³/mol. The van der Waals surface area contributed by atoms with Gasteiger partial charge in [0.05, 0.1) is 0 Å². The van der Waals surface area contributed by atoms with E-state index in [1.165, 1.54) is 38.4 Å². The van der Waals surface area contributed by atoms with Crippen molar-refractivity contribution in [2.45, 2.75) is 37.6 Å². The average Bonchev–Trinajstić information content (AvgIpc) is 3.04. The highest BCUT2D eigenvalue weighted by atomic mass is 32.2. The molecule has 0 bridgehead atoms. The Morgan fingerprint density at radius 2 is 2.00 bits per heavy atom. The summed E-state index contributed by atoms with van der Waals surface area (Å²) in [6, 6.07) is 6.37. The summed E-state index contributed by atoms with van der Waals surface area (Å²) in [6.07, 6.45) is 5.76. The molecule has 0 radical (unpaired) electrons. The Hall–Kier alpha value is -1.86. The van der Waals surface area contributed by atoms with E-state index in [4.69, 9.17) is 4.74 Å². The summed E-state index contributed by atoms with van der Waals surface area (Å²) in [5, 5.41) is 9.37. The van der Waals surface area contributed by atoms with Crippen molar-refractivity contribution in [1.29, 1.82) is 0 Å². The second kappa shape index (κ2) is 9.73. The molecule has 0 saturated carbocycles. The zero-order valence-electron chi connectivity index (χ0n) is 14.9. The summed E-state index contributed by atoms with van der Waals surface area (Å²) >= 11 is 1.70. The van der Waals surface area contributed by atoms with Crippen LogP contribution in [0.15, 0.2) is 42.1 Å². The van der Waals surface area contributed by atoms with Gasteiger partial charge in [0.25, 0.3) is 0 Å². The van der Waals surface area contributed by atoms with E-state index in [1.54, 1.807) is 30.0 Å². The zero-order valence-corrected chi connectivity index (χ0v) is 15.8. The number of halogens is 1. The SMILES string of the molecule is C=CCn1c(COc2ccccc2F)nnc1SCCN1CCCCC1. The van der Waals surface area contributed by atoms with Gasteiger partial charge in [0, 0.05) is 18.8 Å². The minimum atomic E-state index is -0.376. The molecule has 1 fully saturated rings. The predicted octanol–water partition coefficient (Wildman–Crippen LogP) is 3.76. The number of hydrogen-bond acceptors (Lipinski definition) is 5. The molecule has 140 valence electrons. The molecule has 2 heterocycles. The van der Waals surface area contributed by atoms with Crippen LogP contribution in [0.2, 0.25) is 0 Å². The van der Waals surface area contributed by atoms with Gasteiger partial charge in [-0.25, -0.2) is 4.39 Å². The third-order valence-electron chi connectivity index (χ3n) is 4.39. The first kappa shape index (κ1) is 18.9. The van der Waals surface area contributed by atoms with E-state index in [0.29, 0.717) is 12.4 Å². The van der Waals surface area contributed by atoms with E-state index in [1.807, 2.05) is 10.6 Å². The van der Waals surface area contributed by atoms with Gasteiger partial charge in [0.1, 0.15) is 6.61 Å². The largest absolute Gasteiger partial charge is 0.483 e. The first-order chi connectivity index (χ1) is 12.8. The van der Waals surface area contributed by atoms with Gasteiger partial charge in [-0.2, -0.15) is 0 Å². The minimum absolute atomic E-state index is 0.175. The lowest BCUT2D eigenvalue weighted by Crippen LogP contribution is -2.31.